The Balaban J connectivity index is 2.38. The Hall–Kier alpha value is -2.58. The second-order valence-electron chi connectivity index (χ2n) is 3.91. The van der Waals surface area contributed by atoms with Gasteiger partial charge in [0.05, 0.1) is 12.5 Å². The van der Waals surface area contributed by atoms with Crippen LogP contribution in [0.15, 0.2) is 16.9 Å². The SMILES string of the molecule is CCC(CC(=O)O)n1nnnc1-c1ccc(=O)[nH]n1. The van der Waals surface area contributed by atoms with Crippen molar-refractivity contribution in [2.24, 2.45) is 0 Å². The highest BCUT2D eigenvalue weighted by atomic mass is 16.4. The zero-order chi connectivity index (χ0) is 13.8. The average molecular weight is 264 g/mol. The van der Waals surface area contributed by atoms with Crippen LogP contribution < -0.4 is 5.56 Å². The molecular weight excluding hydrogens is 252 g/mol. The number of carboxylic acids is 1. The van der Waals surface area contributed by atoms with E-state index in [0.717, 1.165) is 0 Å². The zero-order valence-corrected chi connectivity index (χ0v) is 10.1. The largest absolute Gasteiger partial charge is 0.481 e. The molecule has 0 aromatic carbocycles. The molecule has 19 heavy (non-hydrogen) atoms. The molecule has 0 radical (unpaired) electrons. The van der Waals surface area contributed by atoms with Crippen LogP contribution in [0.4, 0.5) is 0 Å². The van der Waals surface area contributed by atoms with E-state index < -0.39 is 5.97 Å². The van der Waals surface area contributed by atoms with Crippen LogP contribution in [0.3, 0.4) is 0 Å². The van der Waals surface area contributed by atoms with Crippen LogP contribution in [0.1, 0.15) is 25.8 Å². The van der Waals surface area contributed by atoms with Gasteiger partial charge >= 0.3 is 5.97 Å². The van der Waals surface area contributed by atoms with Gasteiger partial charge in [0, 0.05) is 6.07 Å². The Bertz CT molecular complexity index is 614. The first-order valence-electron chi connectivity index (χ1n) is 5.67. The number of nitrogens with one attached hydrogen (secondary N) is 1. The molecule has 2 N–H and O–H groups in total. The molecule has 9 nitrogen and oxygen atoms in total. The van der Waals surface area contributed by atoms with Crippen LogP contribution >= 0.6 is 0 Å². The van der Waals surface area contributed by atoms with Gasteiger partial charge in [0.1, 0.15) is 5.69 Å². The maximum absolute atomic E-state index is 11.0. The molecular formula is C10H12N6O3. The third-order valence-corrected chi connectivity index (χ3v) is 2.63. The highest BCUT2D eigenvalue weighted by molar-refractivity contribution is 5.67. The molecule has 0 spiro atoms. The number of nitrogens with zero attached hydrogens (tertiary/aromatic N) is 5. The first-order chi connectivity index (χ1) is 9.11. The van der Waals surface area contributed by atoms with E-state index in [4.69, 9.17) is 5.11 Å². The van der Waals surface area contributed by atoms with Crippen LogP contribution in [-0.2, 0) is 4.79 Å². The number of aromatic nitrogens is 6. The molecule has 2 aromatic rings. The molecule has 2 rings (SSSR count). The van der Waals surface area contributed by atoms with Crippen molar-refractivity contribution in [3.8, 4) is 11.5 Å². The summed E-state index contributed by atoms with van der Waals surface area (Å²) in [6, 6.07) is 2.42. The van der Waals surface area contributed by atoms with Crippen LogP contribution in [0.5, 0.6) is 0 Å². The average Bonchev–Trinajstić information content (AvgIpc) is 2.85. The standard InChI is InChI=1S/C10H12N6O3/c1-2-6(5-9(18)19)16-10(13-14-15-16)7-3-4-8(17)12-11-7/h3-4,6H,2,5H2,1H3,(H,12,17)(H,18,19). The number of aromatic amines is 1. The number of aliphatic carboxylic acids is 1. The molecule has 0 bridgehead atoms. The Kier molecular flexibility index (Phi) is 3.64. The predicted octanol–water partition coefficient (Wildman–Crippen LogP) is -0.151. The van der Waals surface area contributed by atoms with Gasteiger partial charge in [-0.05, 0) is 22.9 Å². The molecule has 1 unspecified atom stereocenters. The molecule has 0 saturated heterocycles. The number of carbonyl (C=O) groups is 1. The summed E-state index contributed by atoms with van der Waals surface area (Å²) in [5, 5.41) is 26.1. The van der Waals surface area contributed by atoms with Gasteiger partial charge in [-0.3, -0.25) is 9.59 Å². The molecule has 0 aliphatic heterocycles. The van der Waals surface area contributed by atoms with Gasteiger partial charge in [-0.15, -0.1) is 5.10 Å². The lowest BCUT2D eigenvalue weighted by molar-refractivity contribution is -0.138. The maximum atomic E-state index is 11.0. The highest BCUT2D eigenvalue weighted by Crippen LogP contribution is 2.20. The molecule has 0 fully saturated rings. The Morgan fingerprint density at radius 2 is 2.32 bits per heavy atom. The Labute approximate surface area is 107 Å². The molecule has 2 heterocycles. The number of hydrogen-bond acceptors (Lipinski definition) is 6. The summed E-state index contributed by atoms with van der Waals surface area (Å²) < 4.78 is 1.41. The Morgan fingerprint density at radius 3 is 2.89 bits per heavy atom. The maximum Gasteiger partial charge on any atom is 0.305 e. The first-order valence-corrected chi connectivity index (χ1v) is 5.67. The van der Waals surface area contributed by atoms with Gasteiger partial charge in [0.2, 0.25) is 5.82 Å². The van der Waals surface area contributed by atoms with Crippen molar-refractivity contribution in [2.45, 2.75) is 25.8 Å². The fraction of sp³-hybridized carbons (Fsp3) is 0.400. The van der Waals surface area contributed by atoms with Crippen molar-refractivity contribution < 1.29 is 9.90 Å². The van der Waals surface area contributed by atoms with Crippen molar-refractivity contribution in [2.75, 3.05) is 0 Å². The second-order valence-corrected chi connectivity index (χ2v) is 3.91. The lowest BCUT2D eigenvalue weighted by Gasteiger charge is -2.13. The number of carboxylic acid groups (broad SMARTS) is 1. The molecule has 0 aliphatic rings. The summed E-state index contributed by atoms with van der Waals surface area (Å²) in [6.07, 6.45) is 0.478. The summed E-state index contributed by atoms with van der Waals surface area (Å²) in [5.41, 5.74) is 0.0498. The van der Waals surface area contributed by atoms with E-state index >= 15 is 0 Å². The minimum Gasteiger partial charge on any atom is -0.481 e. The summed E-state index contributed by atoms with van der Waals surface area (Å²) in [7, 11) is 0. The topological polar surface area (TPSA) is 127 Å². The minimum atomic E-state index is -0.928. The van der Waals surface area contributed by atoms with Gasteiger partial charge in [-0.25, -0.2) is 9.78 Å². The third kappa shape index (κ3) is 2.81. The van der Waals surface area contributed by atoms with Crippen molar-refractivity contribution in [3.05, 3.63) is 22.5 Å². The molecule has 0 amide bonds. The number of rotatable bonds is 5. The third-order valence-electron chi connectivity index (χ3n) is 2.63. The molecule has 9 heteroatoms. The van der Waals surface area contributed by atoms with Crippen LogP contribution in [-0.4, -0.2) is 41.5 Å². The summed E-state index contributed by atoms with van der Waals surface area (Å²) in [6.45, 7) is 1.85. The van der Waals surface area contributed by atoms with Crippen molar-refractivity contribution >= 4 is 5.97 Å². The molecule has 100 valence electrons. The fourth-order valence-electron chi connectivity index (χ4n) is 1.68. The fourth-order valence-corrected chi connectivity index (χ4v) is 1.68. The van der Waals surface area contributed by atoms with Gasteiger partial charge in [0.15, 0.2) is 0 Å². The minimum absolute atomic E-state index is 0.0854. The number of tetrazole rings is 1. The Morgan fingerprint density at radius 1 is 1.53 bits per heavy atom. The number of H-pyrrole nitrogens is 1. The van der Waals surface area contributed by atoms with Gasteiger partial charge < -0.3 is 5.11 Å². The second kappa shape index (κ2) is 5.38. The van der Waals surface area contributed by atoms with E-state index in [0.29, 0.717) is 17.9 Å². The molecule has 1 atom stereocenters. The van der Waals surface area contributed by atoms with E-state index in [-0.39, 0.29) is 18.0 Å². The lowest BCUT2D eigenvalue weighted by atomic mass is 10.1. The first kappa shape index (κ1) is 12.9. The van der Waals surface area contributed by atoms with E-state index in [9.17, 15) is 9.59 Å². The van der Waals surface area contributed by atoms with Crippen molar-refractivity contribution in [1.29, 1.82) is 0 Å². The van der Waals surface area contributed by atoms with Gasteiger partial charge in [-0.1, -0.05) is 6.92 Å². The summed E-state index contributed by atoms with van der Waals surface area (Å²) in [4.78, 5) is 21.8. The number of hydrogen-bond donors (Lipinski definition) is 2. The van der Waals surface area contributed by atoms with Gasteiger partial charge in [0.25, 0.3) is 5.56 Å². The van der Waals surface area contributed by atoms with E-state index in [1.165, 1.54) is 16.8 Å². The smallest absolute Gasteiger partial charge is 0.305 e. The van der Waals surface area contributed by atoms with Crippen LogP contribution in [0.25, 0.3) is 11.5 Å². The van der Waals surface area contributed by atoms with Gasteiger partial charge in [-0.2, -0.15) is 5.10 Å². The van der Waals surface area contributed by atoms with Crippen molar-refractivity contribution in [1.82, 2.24) is 30.4 Å². The lowest BCUT2D eigenvalue weighted by Crippen LogP contribution is -2.16. The quantitative estimate of drug-likeness (QED) is 0.768. The molecule has 0 aliphatic carbocycles. The van der Waals surface area contributed by atoms with E-state index in [1.54, 1.807) is 0 Å². The van der Waals surface area contributed by atoms with E-state index in [2.05, 4.69) is 25.7 Å². The summed E-state index contributed by atoms with van der Waals surface area (Å²) in [5.74, 6) is -0.605. The highest BCUT2D eigenvalue weighted by Gasteiger charge is 2.20. The van der Waals surface area contributed by atoms with Crippen LogP contribution in [0.2, 0.25) is 0 Å². The molecule has 0 saturated carbocycles. The van der Waals surface area contributed by atoms with Crippen LogP contribution in [0, 0.1) is 0 Å². The van der Waals surface area contributed by atoms with E-state index in [1.807, 2.05) is 6.92 Å². The predicted molar refractivity (Wildman–Crippen MR) is 63.2 cm³/mol. The molecule has 2 aromatic heterocycles. The normalized spacial score (nSPS) is 12.3. The summed E-state index contributed by atoms with van der Waals surface area (Å²) >= 11 is 0. The van der Waals surface area contributed by atoms with Crippen molar-refractivity contribution in [3.63, 3.8) is 0 Å². The zero-order valence-electron chi connectivity index (χ0n) is 10.1. The monoisotopic (exact) mass is 264 g/mol.